The van der Waals surface area contributed by atoms with E-state index in [0.717, 1.165) is 31.2 Å². The van der Waals surface area contributed by atoms with Crippen molar-refractivity contribution in [3.05, 3.63) is 33.9 Å². The summed E-state index contributed by atoms with van der Waals surface area (Å²) in [6.45, 7) is 3.27. The number of aryl methyl sites for hydroxylation is 1. The van der Waals surface area contributed by atoms with Gasteiger partial charge in [-0.05, 0) is 31.4 Å². The van der Waals surface area contributed by atoms with Crippen LogP contribution in [0.15, 0.2) is 18.2 Å². The van der Waals surface area contributed by atoms with Gasteiger partial charge in [-0.15, -0.1) is 0 Å². The fourth-order valence-corrected chi connectivity index (χ4v) is 2.38. The third-order valence-corrected chi connectivity index (χ3v) is 3.48. The highest BCUT2D eigenvalue weighted by atomic mass is 16.6. The molecule has 1 saturated heterocycles. The molecule has 2 amide bonds. The maximum Gasteiger partial charge on any atom is 0.322 e. The molecule has 0 aromatic heterocycles. The van der Waals surface area contributed by atoms with E-state index in [1.807, 2.05) is 6.92 Å². The van der Waals surface area contributed by atoms with Gasteiger partial charge in [0.05, 0.1) is 4.92 Å². The first-order valence-electron chi connectivity index (χ1n) is 6.89. The number of carbonyl (C=O) groups excluding carboxylic acids is 1. The van der Waals surface area contributed by atoms with Crippen molar-refractivity contribution in [2.24, 2.45) is 0 Å². The van der Waals surface area contributed by atoms with E-state index in [1.165, 1.54) is 6.07 Å². The molecule has 2 rings (SSSR count). The zero-order valence-electron chi connectivity index (χ0n) is 11.6. The Labute approximate surface area is 117 Å². The van der Waals surface area contributed by atoms with E-state index < -0.39 is 4.92 Å². The van der Waals surface area contributed by atoms with Crippen LogP contribution in [0.3, 0.4) is 0 Å². The molecule has 1 aromatic rings. The Hall–Kier alpha value is -2.11. The van der Waals surface area contributed by atoms with Crippen LogP contribution in [0.5, 0.6) is 0 Å². The third-order valence-electron chi connectivity index (χ3n) is 3.48. The molecule has 1 aliphatic rings. The summed E-state index contributed by atoms with van der Waals surface area (Å²) in [6.07, 6.45) is 4.25. The first kappa shape index (κ1) is 14.3. The van der Waals surface area contributed by atoms with E-state index in [4.69, 9.17) is 0 Å². The normalized spacial score (nSPS) is 15.6. The van der Waals surface area contributed by atoms with Gasteiger partial charge in [0.15, 0.2) is 0 Å². The van der Waals surface area contributed by atoms with Gasteiger partial charge in [0, 0.05) is 19.2 Å². The van der Waals surface area contributed by atoms with Crippen LogP contribution in [0.25, 0.3) is 0 Å². The first-order chi connectivity index (χ1) is 9.58. The molecule has 0 atom stereocenters. The Kier molecular flexibility index (Phi) is 4.55. The summed E-state index contributed by atoms with van der Waals surface area (Å²) in [5.74, 6) is 0. The second kappa shape index (κ2) is 6.36. The van der Waals surface area contributed by atoms with Gasteiger partial charge in [-0.2, -0.15) is 0 Å². The van der Waals surface area contributed by atoms with Gasteiger partial charge >= 0.3 is 6.03 Å². The molecule has 108 valence electrons. The lowest BCUT2D eigenvalue weighted by Crippen LogP contribution is -2.35. The van der Waals surface area contributed by atoms with Gasteiger partial charge in [-0.1, -0.05) is 18.9 Å². The predicted molar refractivity (Wildman–Crippen MR) is 76.9 cm³/mol. The van der Waals surface area contributed by atoms with Crippen LogP contribution in [-0.4, -0.2) is 28.9 Å². The molecule has 0 aliphatic carbocycles. The van der Waals surface area contributed by atoms with Crippen LogP contribution in [0.2, 0.25) is 0 Å². The minimum atomic E-state index is -0.475. The van der Waals surface area contributed by atoms with E-state index >= 15 is 0 Å². The lowest BCUT2D eigenvalue weighted by molar-refractivity contribution is -0.383. The molecule has 1 aromatic carbocycles. The minimum Gasteiger partial charge on any atom is -0.325 e. The van der Waals surface area contributed by atoms with Crippen molar-refractivity contribution in [1.29, 1.82) is 0 Å². The summed E-state index contributed by atoms with van der Waals surface area (Å²) in [5.41, 5.74) is 1.07. The van der Waals surface area contributed by atoms with Gasteiger partial charge in [0.1, 0.15) is 5.69 Å². The third kappa shape index (κ3) is 3.46. The molecule has 0 saturated carbocycles. The van der Waals surface area contributed by atoms with E-state index in [0.29, 0.717) is 13.1 Å². The van der Waals surface area contributed by atoms with E-state index in [2.05, 4.69) is 5.32 Å². The fraction of sp³-hybridized carbons (Fsp3) is 0.500. The number of hydrogen-bond acceptors (Lipinski definition) is 3. The summed E-state index contributed by atoms with van der Waals surface area (Å²) < 4.78 is 0. The number of anilines is 1. The molecule has 0 bridgehead atoms. The highest BCUT2D eigenvalue weighted by molar-refractivity contribution is 5.92. The highest BCUT2D eigenvalue weighted by Crippen LogP contribution is 2.25. The minimum absolute atomic E-state index is 0.0706. The summed E-state index contributed by atoms with van der Waals surface area (Å²) in [5, 5.41) is 13.7. The Bertz CT molecular complexity index is 508. The molecule has 1 aliphatic heterocycles. The van der Waals surface area contributed by atoms with Crippen LogP contribution in [0.1, 0.15) is 31.2 Å². The molecule has 1 N–H and O–H groups in total. The van der Waals surface area contributed by atoms with Crippen LogP contribution in [0, 0.1) is 17.0 Å². The summed E-state index contributed by atoms with van der Waals surface area (Å²) in [4.78, 5) is 24.4. The average Bonchev–Trinajstić information content (AvgIpc) is 2.67. The van der Waals surface area contributed by atoms with E-state index in [-0.39, 0.29) is 17.4 Å². The molecule has 0 unspecified atom stereocenters. The second-order valence-electron chi connectivity index (χ2n) is 5.11. The number of nitrogens with one attached hydrogen (secondary N) is 1. The summed E-state index contributed by atoms with van der Waals surface area (Å²) in [6, 6.07) is 4.47. The number of amides is 2. The second-order valence-corrected chi connectivity index (χ2v) is 5.11. The molecule has 6 nitrogen and oxygen atoms in total. The largest absolute Gasteiger partial charge is 0.325 e. The van der Waals surface area contributed by atoms with Crippen molar-refractivity contribution in [2.45, 2.75) is 32.6 Å². The van der Waals surface area contributed by atoms with Crippen LogP contribution >= 0.6 is 0 Å². The van der Waals surface area contributed by atoms with Crippen LogP contribution < -0.4 is 5.32 Å². The lowest BCUT2D eigenvalue weighted by Gasteiger charge is -2.20. The van der Waals surface area contributed by atoms with Crippen molar-refractivity contribution < 1.29 is 9.72 Å². The number of benzene rings is 1. The first-order valence-corrected chi connectivity index (χ1v) is 6.89. The van der Waals surface area contributed by atoms with Crippen molar-refractivity contribution in [3.63, 3.8) is 0 Å². The number of nitro benzene ring substituents is 1. The summed E-state index contributed by atoms with van der Waals surface area (Å²) >= 11 is 0. The molecule has 1 fully saturated rings. The van der Waals surface area contributed by atoms with E-state index in [9.17, 15) is 14.9 Å². The maximum atomic E-state index is 12.2. The number of urea groups is 1. The SMILES string of the molecule is Cc1ccc([N+](=O)[O-])c(NC(=O)N2CCCCCC2)c1. The molecule has 0 radical (unpaired) electrons. The Morgan fingerprint density at radius 3 is 2.50 bits per heavy atom. The Balaban J connectivity index is 2.14. The highest BCUT2D eigenvalue weighted by Gasteiger charge is 2.20. The summed E-state index contributed by atoms with van der Waals surface area (Å²) in [7, 11) is 0. The van der Waals surface area contributed by atoms with Gasteiger partial charge in [-0.25, -0.2) is 4.79 Å². The average molecular weight is 277 g/mol. The molecule has 6 heteroatoms. The fourth-order valence-electron chi connectivity index (χ4n) is 2.38. The molecule has 1 heterocycles. The molecule has 0 spiro atoms. The van der Waals surface area contributed by atoms with Crippen LogP contribution in [0.4, 0.5) is 16.2 Å². The van der Waals surface area contributed by atoms with Gasteiger partial charge < -0.3 is 10.2 Å². The van der Waals surface area contributed by atoms with Crippen molar-refractivity contribution >= 4 is 17.4 Å². The number of likely N-dealkylation sites (tertiary alicyclic amines) is 1. The Morgan fingerprint density at radius 2 is 1.90 bits per heavy atom. The van der Waals surface area contributed by atoms with Crippen molar-refractivity contribution in [2.75, 3.05) is 18.4 Å². The predicted octanol–water partition coefficient (Wildman–Crippen LogP) is 3.31. The zero-order valence-corrected chi connectivity index (χ0v) is 11.6. The molecular formula is C14H19N3O3. The number of hydrogen-bond donors (Lipinski definition) is 1. The smallest absolute Gasteiger partial charge is 0.322 e. The lowest BCUT2D eigenvalue weighted by atomic mass is 10.2. The maximum absolute atomic E-state index is 12.2. The number of nitrogens with zero attached hydrogens (tertiary/aromatic N) is 2. The number of carbonyl (C=O) groups is 1. The Morgan fingerprint density at radius 1 is 1.25 bits per heavy atom. The quantitative estimate of drug-likeness (QED) is 0.665. The van der Waals surface area contributed by atoms with Crippen molar-refractivity contribution in [1.82, 2.24) is 4.90 Å². The monoisotopic (exact) mass is 277 g/mol. The van der Waals surface area contributed by atoms with Gasteiger partial charge in [0.25, 0.3) is 5.69 Å². The topological polar surface area (TPSA) is 75.5 Å². The standard InChI is InChI=1S/C14H19N3O3/c1-11-6-7-13(17(19)20)12(10-11)15-14(18)16-8-4-2-3-5-9-16/h6-7,10H,2-5,8-9H2,1H3,(H,15,18). The van der Waals surface area contributed by atoms with E-state index in [1.54, 1.807) is 17.0 Å². The van der Waals surface area contributed by atoms with Crippen molar-refractivity contribution in [3.8, 4) is 0 Å². The number of rotatable bonds is 2. The van der Waals surface area contributed by atoms with Crippen LogP contribution in [-0.2, 0) is 0 Å². The zero-order chi connectivity index (χ0) is 14.5. The van der Waals surface area contributed by atoms with Gasteiger partial charge in [-0.3, -0.25) is 10.1 Å². The van der Waals surface area contributed by atoms with Gasteiger partial charge in [0.2, 0.25) is 0 Å². The molecule has 20 heavy (non-hydrogen) atoms. The number of nitro groups is 1. The molecular weight excluding hydrogens is 258 g/mol.